The van der Waals surface area contributed by atoms with Gasteiger partial charge in [-0.3, -0.25) is 10.1 Å². The lowest BCUT2D eigenvalue weighted by Gasteiger charge is -1.92. The maximum absolute atomic E-state index is 10.3. The van der Waals surface area contributed by atoms with Gasteiger partial charge >= 0.3 is 5.97 Å². The number of carbonyl (C=O) groups is 1. The van der Waals surface area contributed by atoms with E-state index in [-0.39, 0.29) is 17.0 Å². The Morgan fingerprint density at radius 1 is 1.20 bits per heavy atom. The summed E-state index contributed by atoms with van der Waals surface area (Å²) in [6.07, 6.45) is 2.16. The first-order chi connectivity index (χ1) is 9.40. The molecule has 0 spiro atoms. The predicted molar refractivity (Wildman–Crippen MR) is 67.1 cm³/mol. The van der Waals surface area contributed by atoms with E-state index in [0.717, 1.165) is 24.5 Å². The number of carboxylic acids is 1. The molecule has 0 saturated carbocycles. The molecule has 8 heteroatoms. The smallest absolute Gasteiger partial charge is 0.335 e. The number of carboxylic acid groups (broad SMARTS) is 1. The van der Waals surface area contributed by atoms with Crippen LogP contribution in [0.3, 0.4) is 0 Å². The number of phenols is 1. The Hall–Kier alpha value is -3.16. The minimum Gasteiger partial charge on any atom is -0.619 e. The van der Waals surface area contributed by atoms with Gasteiger partial charge in [-0.25, -0.2) is 4.79 Å². The van der Waals surface area contributed by atoms with Crippen LogP contribution in [-0.4, -0.2) is 21.1 Å². The fraction of sp³-hybridized carbons (Fsp3) is 0. The van der Waals surface area contributed by atoms with Crippen molar-refractivity contribution in [3.8, 4) is 5.75 Å². The van der Waals surface area contributed by atoms with Gasteiger partial charge in [-0.05, 0) is 18.2 Å². The van der Waals surface area contributed by atoms with E-state index in [4.69, 9.17) is 10.2 Å². The second kappa shape index (κ2) is 6.69. The van der Waals surface area contributed by atoms with Crippen molar-refractivity contribution in [1.29, 1.82) is 0 Å². The van der Waals surface area contributed by atoms with Crippen LogP contribution >= 0.6 is 0 Å². The lowest BCUT2D eigenvalue weighted by Crippen LogP contribution is -2.23. The largest absolute Gasteiger partial charge is 0.619 e. The highest BCUT2D eigenvalue weighted by Gasteiger charge is 2.04. The molecular weight excluding hydrogens is 268 g/mol. The SMILES string of the molecule is O=C(O)c1cccc(O)c1.O=[N+]([O-])c1cc[n+]([O-])cc1. The molecule has 0 aliphatic rings. The molecule has 2 N–H and O–H groups in total. The molecule has 8 nitrogen and oxygen atoms in total. The zero-order chi connectivity index (χ0) is 15.1. The summed E-state index contributed by atoms with van der Waals surface area (Å²) in [5.41, 5.74) is 0.0205. The van der Waals surface area contributed by atoms with E-state index < -0.39 is 10.9 Å². The summed E-state index contributed by atoms with van der Waals surface area (Å²) in [5.74, 6) is -1.06. The van der Waals surface area contributed by atoms with Crippen molar-refractivity contribution in [2.24, 2.45) is 0 Å². The van der Waals surface area contributed by atoms with Crippen LogP contribution in [0.25, 0.3) is 0 Å². The molecule has 20 heavy (non-hydrogen) atoms. The molecule has 1 aromatic carbocycles. The van der Waals surface area contributed by atoms with Crippen LogP contribution in [-0.2, 0) is 0 Å². The number of rotatable bonds is 2. The summed E-state index contributed by atoms with van der Waals surface area (Å²) in [5, 5.41) is 37.5. The summed E-state index contributed by atoms with van der Waals surface area (Å²) in [7, 11) is 0. The average molecular weight is 278 g/mol. The first-order valence-electron chi connectivity index (χ1n) is 5.25. The molecule has 0 aliphatic heterocycles. The van der Waals surface area contributed by atoms with E-state index in [0.29, 0.717) is 4.73 Å². The van der Waals surface area contributed by atoms with E-state index in [2.05, 4.69) is 0 Å². The van der Waals surface area contributed by atoms with E-state index in [1.165, 1.54) is 24.3 Å². The highest BCUT2D eigenvalue weighted by atomic mass is 16.6. The number of pyridine rings is 1. The molecule has 2 aromatic rings. The molecule has 0 bridgehead atoms. The zero-order valence-electron chi connectivity index (χ0n) is 10.0. The Morgan fingerprint density at radius 3 is 2.20 bits per heavy atom. The van der Waals surface area contributed by atoms with E-state index in [1.54, 1.807) is 0 Å². The van der Waals surface area contributed by atoms with Crippen molar-refractivity contribution >= 4 is 11.7 Å². The monoisotopic (exact) mass is 278 g/mol. The van der Waals surface area contributed by atoms with Gasteiger partial charge < -0.3 is 15.4 Å². The van der Waals surface area contributed by atoms with Gasteiger partial charge in [-0.1, -0.05) is 6.07 Å². The molecule has 0 atom stereocenters. The minimum absolute atomic E-state index is 0.0279. The molecule has 1 aromatic heterocycles. The Balaban J connectivity index is 0.000000200. The molecule has 104 valence electrons. The second-order valence-electron chi connectivity index (χ2n) is 3.53. The Labute approximate surface area is 112 Å². The third kappa shape index (κ3) is 4.61. The Morgan fingerprint density at radius 2 is 1.80 bits per heavy atom. The number of aromatic carboxylic acids is 1. The number of phenolic OH excluding ortho intramolecular Hbond substituents is 1. The summed E-state index contributed by atoms with van der Waals surface area (Å²) in [6.45, 7) is 0. The Bertz CT molecular complexity index is 612. The molecule has 0 radical (unpaired) electrons. The summed E-state index contributed by atoms with van der Waals surface area (Å²) in [6, 6.07) is 7.82. The average Bonchev–Trinajstić information content (AvgIpc) is 2.40. The van der Waals surface area contributed by atoms with Crippen molar-refractivity contribution in [3.63, 3.8) is 0 Å². The quantitative estimate of drug-likeness (QED) is 0.369. The van der Waals surface area contributed by atoms with Crippen molar-refractivity contribution in [1.82, 2.24) is 0 Å². The molecular formula is C12H10N2O6. The predicted octanol–water partition coefficient (Wildman–Crippen LogP) is 1.32. The summed E-state index contributed by atoms with van der Waals surface area (Å²) >= 11 is 0. The van der Waals surface area contributed by atoms with Crippen LogP contribution in [0.5, 0.6) is 5.75 Å². The van der Waals surface area contributed by atoms with Gasteiger partial charge in [-0.15, -0.1) is 0 Å². The van der Waals surface area contributed by atoms with Crippen molar-refractivity contribution < 1.29 is 24.7 Å². The van der Waals surface area contributed by atoms with Gasteiger partial charge in [0.1, 0.15) is 5.75 Å². The topological polar surface area (TPSA) is 128 Å². The number of nitro groups is 1. The van der Waals surface area contributed by atoms with Crippen molar-refractivity contribution in [2.75, 3.05) is 0 Å². The minimum atomic E-state index is -1.03. The van der Waals surface area contributed by atoms with E-state index in [1.807, 2.05) is 0 Å². The van der Waals surface area contributed by atoms with Crippen LogP contribution in [0.4, 0.5) is 5.69 Å². The number of aromatic nitrogens is 1. The number of hydrogen-bond acceptors (Lipinski definition) is 5. The van der Waals surface area contributed by atoms with E-state index >= 15 is 0 Å². The molecule has 0 aliphatic carbocycles. The molecule has 0 amide bonds. The van der Waals surface area contributed by atoms with Crippen LogP contribution in [0.2, 0.25) is 0 Å². The van der Waals surface area contributed by atoms with Crippen LogP contribution < -0.4 is 4.73 Å². The van der Waals surface area contributed by atoms with E-state index in [9.17, 15) is 20.1 Å². The van der Waals surface area contributed by atoms with Crippen molar-refractivity contribution in [2.45, 2.75) is 0 Å². The van der Waals surface area contributed by atoms with Gasteiger partial charge in [0, 0.05) is 0 Å². The first-order valence-corrected chi connectivity index (χ1v) is 5.25. The highest BCUT2D eigenvalue weighted by Crippen LogP contribution is 2.10. The number of aromatic hydroxyl groups is 1. The maximum Gasteiger partial charge on any atom is 0.335 e. The van der Waals surface area contributed by atoms with Crippen LogP contribution in [0.15, 0.2) is 48.8 Å². The van der Waals surface area contributed by atoms with Gasteiger partial charge in [0.25, 0.3) is 5.69 Å². The maximum atomic E-state index is 10.3. The second-order valence-corrected chi connectivity index (χ2v) is 3.53. The third-order valence-electron chi connectivity index (χ3n) is 2.09. The van der Waals surface area contributed by atoms with Crippen LogP contribution in [0.1, 0.15) is 10.4 Å². The normalized spacial score (nSPS) is 9.20. The van der Waals surface area contributed by atoms with Gasteiger partial charge in [0.05, 0.1) is 22.6 Å². The summed E-state index contributed by atoms with van der Waals surface area (Å²) < 4.78 is 0.493. The van der Waals surface area contributed by atoms with Gasteiger partial charge in [-0.2, -0.15) is 4.73 Å². The summed E-state index contributed by atoms with van der Waals surface area (Å²) in [4.78, 5) is 19.7. The first kappa shape index (κ1) is 14.9. The molecule has 2 rings (SSSR count). The van der Waals surface area contributed by atoms with Gasteiger partial charge in [0.15, 0.2) is 12.4 Å². The number of nitrogens with zero attached hydrogens (tertiary/aromatic N) is 2. The fourth-order valence-corrected chi connectivity index (χ4v) is 1.17. The Kier molecular flexibility index (Phi) is 4.98. The van der Waals surface area contributed by atoms with Crippen LogP contribution in [0, 0.1) is 15.3 Å². The molecule has 1 heterocycles. The highest BCUT2D eigenvalue weighted by molar-refractivity contribution is 5.87. The molecule has 0 saturated heterocycles. The fourth-order valence-electron chi connectivity index (χ4n) is 1.17. The number of benzene rings is 1. The third-order valence-corrected chi connectivity index (χ3v) is 2.09. The van der Waals surface area contributed by atoms with Gasteiger partial charge in [0.2, 0.25) is 0 Å². The van der Waals surface area contributed by atoms with Crippen molar-refractivity contribution in [3.05, 3.63) is 69.7 Å². The zero-order valence-corrected chi connectivity index (χ0v) is 10.0. The molecule has 0 unspecified atom stereocenters. The standard InChI is InChI=1S/C7H6O3.C5H4N2O3/c8-6-3-1-2-5(4-6)7(9)10;8-6-3-1-5(2-4-6)7(9)10/h1-4,8H,(H,9,10);1-4H. The lowest BCUT2D eigenvalue weighted by molar-refractivity contribution is -0.606. The number of hydrogen-bond donors (Lipinski definition) is 2. The molecule has 0 fully saturated rings. The lowest BCUT2D eigenvalue weighted by atomic mass is 10.2.